The van der Waals surface area contributed by atoms with Crippen LogP contribution < -0.4 is 5.73 Å². The molecule has 2 rings (SSSR count). The van der Waals surface area contributed by atoms with Crippen LogP contribution in [0, 0.1) is 11.6 Å². The van der Waals surface area contributed by atoms with Gasteiger partial charge < -0.3 is 15.5 Å². The Labute approximate surface area is 158 Å². The molecule has 1 aromatic rings. The SMILES string of the molecule is Cl.NCCCCCCC(=O)N1CCN(C(=O)c2c(F)cccc2F)CC1. The normalized spacial score (nSPS) is 14.1. The van der Waals surface area contributed by atoms with Crippen LogP contribution in [0.4, 0.5) is 8.78 Å². The second-order valence-electron chi connectivity index (χ2n) is 6.22. The minimum absolute atomic E-state index is 0. The average Bonchev–Trinajstić information content (AvgIpc) is 2.61. The van der Waals surface area contributed by atoms with Crippen molar-refractivity contribution in [3.05, 3.63) is 35.4 Å². The van der Waals surface area contributed by atoms with E-state index in [2.05, 4.69) is 0 Å². The third-order valence-electron chi connectivity index (χ3n) is 4.44. The van der Waals surface area contributed by atoms with Crippen LogP contribution in [0.5, 0.6) is 0 Å². The highest BCUT2D eigenvalue weighted by molar-refractivity contribution is 5.95. The number of halogens is 3. The largest absolute Gasteiger partial charge is 0.339 e. The van der Waals surface area contributed by atoms with Crippen molar-refractivity contribution in [2.45, 2.75) is 32.1 Å². The Bertz CT molecular complexity index is 588. The highest BCUT2D eigenvalue weighted by Gasteiger charge is 2.27. The molecule has 1 heterocycles. The Kier molecular flexibility index (Phi) is 9.51. The molecule has 1 aliphatic heterocycles. The van der Waals surface area contributed by atoms with Crippen LogP contribution in [-0.2, 0) is 4.79 Å². The molecule has 1 aromatic carbocycles. The number of nitrogens with zero attached hydrogens (tertiary/aromatic N) is 2. The van der Waals surface area contributed by atoms with Crippen molar-refractivity contribution in [3.8, 4) is 0 Å². The van der Waals surface area contributed by atoms with Crippen molar-refractivity contribution in [1.29, 1.82) is 0 Å². The number of hydrogen-bond acceptors (Lipinski definition) is 3. The molecule has 2 N–H and O–H groups in total. The maximum Gasteiger partial charge on any atom is 0.259 e. The third-order valence-corrected chi connectivity index (χ3v) is 4.44. The number of carbonyl (C=O) groups excluding carboxylic acids is 2. The summed E-state index contributed by atoms with van der Waals surface area (Å²) < 4.78 is 27.5. The first-order valence-electron chi connectivity index (χ1n) is 8.75. The minimum atomic E-state index is -0.860. The minimum Gasteiger partial charge on any atom is -0.339 e. The van der Waals surface area contributed by atoms with E-state index in [1.807, 2.05) is 0 Å². The zero-order chi connectivity index (χ0) is 18.2. The van der Waals surface area contributed by atoms with Crippen molar-refractivity contribution in [3.63, 3.8) is 0 Å². The van der Waals surface area contributed by atoms with E-state index in [9.17, 15) is 18.4 Å². The molecular weight excluding hydrogens is 364 g/mol. The average molecular weight is 390 g/mol. The molecule has 0 atom stereocenters. The van der Waals surface area contributed by atoms with E-state index in [-0.39, 0.29) is 31.4 Å². The van der Waals surface area contributed by atoms with Gasteiger partial charge in [0.05, 0.1) is 0 Å². The molecule has 0 unspecified atom stereocenters. The summed E-state index contributed by atoms with van der Waals surface area (Å²) in [7, 11) is 0. The lowest BCUT2D eigenvalue weighted by atomic mass is 10.1. The summed E-state index contributed by atoms with van der Waals surface area (Å²) in [6.07, 6.45) is 4.30. The predicted octanol–water partition coefficient (Wildman–Crippen LogP) is 2.58. The number of piperazine rings is 1. The topological polar surface area (TPSA) is 66.6 Å². The van der Waals surface area contributed by atoms with Crippen LogP contribution in [0.1, 0.15) is 42.5 Å². The Morgan fingerprint density at radius 3 is 2.04 bits per heavy atom. The Morgan fingerprint density at radius 1 is 0.923 bits per heavy atom. The number of hydrogen-bond donors (Lipinski definition) is 1. The van der Waals surface area contributed by atoms with Crippen molar-refractivity contribution in [1.82, 2.24) is 9.80 Å². The lowest BCUT2D eigenvalue weighted by Gasteiger charge is -2.35. The van der Waals surface area contributed by atoms with E-state index in [1.54, 1.807) is 4.90 Å². The second kappa shape index (κ2) is 11.1. The van der Waals surface area contributed by atoms with Crippen LogP contribution in [0.3, 0.4) is 0 Å². The van der Waals surface area contributed by atoms with E-state index in [0.29, 0.717) is 26.1 Å². The van der Waals surface area contributed by atoms with Crippen molar-refractivity contribution >= 4 is 24.2 Å². The number of amides is 2. The van der Waals surface area contributed by atoms with Gasteiger partial charge in [-0.2, -0.15) is 0 Å². The molecule has 0 aliphatic carbocycles. The lowest BCUT2D eigenvalue weighted by Crippen LogP contribution is -2.50. The lowest BCUT2D eigenvalue weighted by molar-refractivity contribution is -0.132. The second-order valence-corrected chi connectivity index (χ2v) is 6.22. The number of carbonyl (C=O) groups is 2. The fourth-order valence-corrected chi connectivity index (χ4v) is 2.95. The monoisotopic (exact) mass is 389 g/mol. The van der Waals surface area contributed by atoms with Crippen LogP contribution in [0.25, 0.3) is 0 Å². The van der Waals surface area contributed by atoms with Gasteiger partial charge in [0.15, 0.2) is 0 Å². The molecule has 26 heavy (non-hydrogen) atoms. The van der Waals surface area contributed by atoms with Crippen molar-refractivity contribution in [2.24, 2.45) is 5.73 Å². The summed E-state index contributed by atoms with van der Waals surface area (Å²) in [5.41, 5.74) is 4.91. The summed E-state index contributed by atoms with van der Waals surface area (Å²) in [4.78, 5) is 27.6. The molecule has 0 spiro atoms. The van der Waals surface area contributed by atoms with E-state index < -0.39 is 23.1 Å². The standard InChI is InChI=1S/C18H25F2N3O2.ClH/c19-14-6-5-7-15(20)17(14)18(25)23-12-10-22(11-13-23)16(24)8-3-1-2-4-9-21;/h5-7H,1-4,8-13,21H2;1H. The van der Waals surface area contributed by atoms with E-state index in [1.165, 1.54) is 11.0 Å². The predicted molar refractivity (Wildman–Crippen MR) is 98.2 cm³/mol. The quantitative estimate of drug-likeness (QED) is 0.729. The first-order chi connectivity index (χ1) is 12.0. The van der Waals surface area contributed by atoms with E-state index in [0.717, 1.165) is 37.8 Å². The number of rotatable bonds is 7. The molecule has 1 aliphatic rings. The smallest absolute Gasteiger partial charge is 0.259 e. The zero-order valence-corrected chi connectivity index (χ0v) is 15.6. The summed E-state index contributed by atoms with van der Waals surface area (Å²) in [6.45, 7) is 2.02. The highest BCUT2D eigenvalue weighted by Crippen LogP contribution is 2.16. The molecule has 0 aromatic heterocycles. The van der Waals surface area contributed by atoms with Crippen LogP contribution in [0.2, 0.25) is 0 Å². The van der Waals surface area contributed by atoms with Gasteiger partial charge in [-0.25, -0.2) is 8.78 Å². The molecule has 5 nitrogen and oxygen atoms in total. The third kappa shape index (κ3) is 5.92. The molecule has 0 radical (unpaired) electrons. The summed E-state index contributed by atoms with van der Waals surface area (Å²) >= 11 is 0. The number of unbranched alkanes of at least 4 members (excludes halogenated alkanes) is 3. The first kappa shape index (κ1) is 22.3. The number of nitrogens with two attached hydrogens (primary N) is 1. The fraction of sp³-hybridized carbons (Fsp3) is 0.556. The molecule has 1 fully saturated rings. The van der Waals surface area contributed by atoms with Crippen molar-refractivity contribution in [2.75, 3.05) is 32.7 Å². The van der Waals surface area contributed by atoms with Gasteiger partial charge in [-0.05, 0) is 31.5 Å². The van der Waals surface area contributed by atoms with Crippen LogP contribution >= 0.6 is 12.4 Å². The van der Waals surface area contributed by atoms with Gasteiger partial charge in [0.2, 0.25) is 5.91 Å². The van der Waals surface area contributed by atoms with E-state index >= 15 is 0 Å². The van der Waals surface area contributed by atoms with Gasteiger partial charge in [0.25, 0.3) is 5.91 Å². The fourth-order valence-electron chi connectivity index (χ4n) is 2.95. The maximum atomic E-state index is 13.7. The Morgan fingerprint density at radius 2 is 1.46 bits per heavy atom. The molecule has 1 saturated heterocycles. The van der Waals surface area contributed by atoms with E-state index in [4.69, 9.17) is 5.73 Å². The summed E-state index contributed by atoms with van der Waals surface area (Å²) in [5, 5.41) is 0. The zero-order valence-electron chi connectivity index (χ0n) is 14.8. The van der Waals surface area contributed by atoms with Gasteiger partial charge in [-0.3, -0.25) is 9.59 Å². The molecule has 2 amide bonds. The van der Waals surface area contributed by atoms with Gasteiger partial charge in [-0.15, -0.1) is 12.4 Å². The van der Waals surface area contributed by atoms with Gasteiger partial charge in [0.1, 0.15) is 17.2 Å². The number of benzene rings is 1. The summed E-state index contributed by atoms with van der Waals surface area (Å²) in [6, 6.07) is 3.37. The van der Waals surface area contributed by atoms with Crippen molar-refractivity contribution < 1.29 is 18.4 Å². The molecule has 0 saturated carbocycles. The van der Waals surface area contributed by atoms with Gasteiger partial charge in [-0.1, -0.05) is 18.9 Å². The molecule has 146 valence electrons. The Balaban J connectivity index is 0.00000338. The van der Waals surface area contributed by atoms with Gasteiger partial charge in [0, 0.05) is 32.6 Å². The molecule has 0 bridgehead atoms. The maximum absolute atomic E-state index is 13.7. The molecular formula is C18H26ClF2N3O2. The van der Waals surface area contributed by atoms with Crippen LogP contribution in [-0.4, -0.2) is 54.3 Å². The van der Waals surface area contributed by atoms with Crippen LogP contribution in [0.15, 0.2) is 18.2 Å². The highest BCUT2D eigenvalue weighted by atomic mass is 35.5. The first-order valence-corrected chi connectivity index (χ1v) is 8.75. The Hall–Kier alpha value is -1.73. The van der Waals surface area contributed by atoms with Gasteiger partial charge >= 0.3 is 0 Å². The molecule has 8 heteroatoms. The summed E-state index contributed by atoms with van der Waals surface area (Å²) in [5.74, 6) is -2.32.